The predicted octanol–water partition coefficient (Wildman–Crippen LogP) is 3.03. The lowest BCUT2D eigenvalue weighted by Gasteiger charge is -2.15. The standard InChI is InChI=1S/C17H14F2N4O2S/c1-9(16(24)21-10-4-5-11(18)12(19)7-10)23-17(25)13(20)8-14(22-23)15-3-2-6-26-15/h2-9H,20H2,1H3,(H,21,24)/t9-/m0/s1. The molecule has 2 aromatic heterocycles. The fourth-order valence-electron chi connectivity index (χ4n) is 2.27. The molecular formula is C17H14F2N4O2S. The van der Waals surface area contributed by atoms with Crippen molar-refractivity contribution < 1.29 is 13.6 Å². The van der Waals surface area contributed by atoms with Gasteiger partial charge in [0.1, 0.15) is 17.4 Å². The second kappa shape index (κ2) is 7.04. The van der Waals surface area contributed by atoms with Crippen molar-refractivity contribution in [3.63, 3.8) is 0 Å². The van der Waals surface area contributed by atoms with Crippen molar-refractivity contribution in [3.05, 3.63) is 63.8 Å². The molecule has 0 aliphatic carbocycles. The summed E-state index contributed by atoms with van der Waals surface area (Å²) in [7, 11) is 0. The van der Waals surface area contributed by atoms with Crippen LogP contribution in [0.5, 0.6) is 0 Å². The molecule has 0 saturated carbocycles. The van der Waals surface area contributed by atoms with Crippen LogP contribution in [0.4, 0.5) is 20.2 Å². The highest BCUT2D eigenvalue weighted by Crippen LogP contribution is 2.23. The van der Waals surface area contributed by atoms with Gasteiger partial charge in [-0.3, -0.25) is 9.59 Å². The highest BCUT2D eigenvalue weighted by molar-refractivity contribution is 7.13. The van der Waals surface area contributed by atoms with E-state index < -0.39 is 29.1 Å². The van der Waals surface area contributed by atoms with E-state index in [0.29, 0.717) is 5.69 Å². The summed E-state index contributed by atoms with van der Waals surface area (Å²) in [4.78, 5) is 25.5. The number of aromatic nitrogens is 2. The molecule has 0 fully saturated rings. The normalized spacial score (nSPS) is 12.0. The number of hydrogen-bond acceptors (Lipinski definition) is 5. The maximum absolute atomic E-state index is 13.3. The Kier molecular flexibility index (Phi) is 4.81. The molecule has 1 atom stereocenters. The van der Waals surface area contributed by atoms with Gasteiger partial charge in [0.05, 0.1) is 4.88 Å². The van der Waals surface area contributed by atoms with Crippen molar-refractivity contribution in [3.8, 4) is 10.6 Å². The molecule has 3 rings (SSSR count). The maximum Gasteiger partial charge on any atom is 0.290 e. The summed E-state index contributed by atoms with van der Waals surface area (Å²) >= 11 is 1.41. The van der Waals surface area contributed by atoms with Crippen LogP contribution in [-0.4, -0.2) is 15.7 Å². The molecule has 0 bridgehead atoms. The number of carbonyl (C=O) groups excluding carboxylic acids is 1. The minimum Gasteiger partial charge on any atom is -0.394 e. The molecule has 1 aromatic carbocycles. The number of nitrogens with zero attached hydrogens (tertiary/aromatic N) is 2. The number of halogens is 2. The fourth-order valence-corrected chi connectivity index (χ4v) is 2.95. The number of nitrogens with two attached hydrogens (primary N) is 1. The molecule has 0 aliphatic rings. The van der Waals surface area contributed by atoms with Gasteiger partial charge in [0.25, 0.3) is 5.56 Å². The molecule has 0 saturated heterocycles. The van der Waals surface area contributed by atoms with E-state index in [-0.39, 0.29) is 11.4 Å². The summed E-state index contributed by atoms with van der Waals surface area (Å²) in [5.41, 5.74) is 5.63. The smallest absolute Gasteiger partial charge is 0.290 e. The van der Waals surface area contributed by atoms with Crippen molar-refractivity contribution in [1.82, 2.24) is 9.78 Å². The SMILES string of the molecule is C[C@@H](C(=O)Nc1ccc(F)c(F)c1)n1nc(-c2cccs2)cc(N)c1=O. The number of benzene rings is 1. The quantitative estimate of drug-likeness (QED) is 0.732. The fraction of sp³-hybridized carbons (Fsp3) is 0.118. The third-order valence-electron chi connectivity index (χ3n) is 3.67. The highest BCUT2D eigenvalue weighted by atomic mass is 32.1. The first-order valence-corrected chi connectivity index (χ1v) is 8.44. The van der Waals surface area contributed by atoms with Crippen LogP contribution in [0.1, 0.15) is 13.0 Å². The van der Waals surface area contributed by atoms with Crippen LogP contribution in [0, 0.1) is 11.6 Å². The topological polar surface area (TPSA) is 90.0 Å². The maximum atomic E-state index is 13.3. The Bertz CT molecular complexity index is 1020. The molecule has 0 spiro atoms. The molecule has 9 heteroatoms. The Morgan fingerprint density at radius 2 is 2.04 bits per heavy atom. The van der Waals surface area contributed by atoms with E-state index in [4.69, 9.17) is 5.73 Å². The molecule has 1 amide bonds. The number of carbonyl (C=O) groups is 1. The van der Waals surface area contributed by atoms with E-state index in [1.807, 2.05) is 17.5 Å². The zero-order valence-electron chi connectivity index (χ0n) is 13.6. The van der Waals surface area contributed by atoms with Crippen molar-refractivity contribution in [2.24, 2.45) is 0 Å². The van der Waals surface area contributed by atoms with Crippen LogP contribution in [0.3, 0.4) is 0 Å². The van der Waals surface area contributed by atoms with Gasteiger partial charge < -0.3 is 11.1 Å². The molecule has 0 unspecified atom stereocenters. The van der Waals surface area contributed by atoms with Crippen molar-refractivity contribution in [2.45, 2.75) is 13.0 Å². The molecule has 2 heterocycles. The first-order chi connectivity index (χ1) is 12.4. The van der Waals surface area contributed by atoms with Gasteiger partial charge in [0.2, 0.25) is 5.91 Å². The average molecular weight is 376 g/mol. The van der Waals surface area contributed by atoms with Crippen LogP contribution < -0.4 is 16.6 Å². The average Bonchev–Trinajstić information content (AvgIpc) is 3.14. The van der Waals surface area contributed by atoms with Gasteiger partial charge in [-0.25, -0.2) is 13.5 Å². The Morgan fingerprint density at radius 1 is 1.27 bits per heavy atom. The van der Waals surface area contributed by atoms with Gasteiger partial charge in [-0.2, -0.15) is 5.10 Å². The lowest BCUT2D eigenvalue weighted by atomic mass is 10.2. The first kappa shape index (κ1) is 17.7. The number of nitrogens with one attached hydrogen (secondary N) is 1. The minimum absolute atomic E-state index is 0.0455. The summed E-state index contributed by atoms with van der Waals surface area (Å²) in [5, 5.41) is 8.48. The summed E-state index contributed by atoms with van der Waals surface area (Å²) < 4.78 is 27.2. The zero-order chi connectivity index (χ0) is 18.8. The summed E-state index contributed by atoms with van der Waals surface area (Å²) in [6.07, 6.45) is 0. The summed E-state index contributed by atoms with van der Waals surface area (Å²) in [5.74, 6) is -2.73. The van der Waals surface area contributed by atoms with Crippen molar-refractivity contribution in [1.29, 1.82) is 0 Å². The van der Waals surface area contributed by atoms with Gasteiger partial charge in [-0.05, 0) is 36.6 Å². The number of rotatable bonds is 4. The zero-order valence-corrected chi connectivity index (χ0v) is 14.4. The van der Waals surface area contributed by atoms with Crippen molar-refractivity contribution in [2.75, 3.05) is 11.1 Å². The molecule has 3 N–H and O–H groups in total. The van der Waals surface area contributed by atoms with Gasteiger partial charge in [-0.15, -0.1) is 11.3 Å². The van der Waals surface area contributed by atoms with Crippen LogP contribution in [0.25, 0.3) is 10.6 Å². The van der Waals surface area contributed by atoms with E-state index in [1.54, 1.807) is 0 Å². The third-order valence-corrected chi connectivity index (χ3v) is 4.56. The second-order valence-corrected chi connectivity index (χ2v) is 6.45. The number of anilines is 2. The van der Waals surface area contributed by atoms with E-state index >= 15 is 0 Å². The predicted molar refractivity (Wildman–Crippen MR) is 95.9 cm³/mol. The van der Waals surface area contributed by atoms with Crippen molar-refractivity contribution >= 4 is 28.6 Å². The Morgan fingerprint density at radius 3 is 2.69 bits per heavy atom. The van der Waals surface area contributed by atoms with Crippen LogP contribution in [0.15, 0.2) is 46.6 Å². The highest BCUT2D eigenvalue weighted by Gasteiger charge is 2.20. The lowest BCUT2D eigenvalue weighted by molar-refractivity contribution is -0.119. The minimum atomic E-state index is -1.09. The van der Waals surface area contributed by atoms with Gasteiger partial charge in [0, 0.05) is 11.8 Å². The van der Waals surface area contributed by atoms with E-state index in [9.17, 15) is 18.4 Å². The number of thiophene rings is 1. The molecule has 3 aromatic rings. The van der Waals surface area contributed by atoms with Crippen LogP contribution in [0.2, 0.25) is 0 Å². The van der Waals surface area contributed by atoms with Gasteiger partial charge in [-0.1, -0.05) is 6.07 Å². The van der Waals surface area contributed by atoms with Crippen LogP contribution in [-0.2, 0) is 4.79 Å². The lowest BCUT2D eigenvalue weighted by Crippen LogP contribution is -2.34. The number of amides is 1. The Hall–Kier alpha value is -3.07. The van der Waals surface area contributed by atoms with Crippen LogP contribution >= 0.6 is 11.3 Å². The van der Waals surface area contributed by atoms with E-state index in [0.717, 1.165) is 21.7 Å². The second-order valence-electron chi connectivity index (χ2n) is 5.51. The molecule has 6 nitrogen and oxygen atoms in total. The first-order valence-electron chi connectivity index (χ1n) is 7.56. The molecular weight excluding hydrogens is 362 g/mol. The monoisotopic (exact) mass is 376 g/mol. The third kappa shape index (κ3) is 3.47. The largest absolute Gasteiger partial charge is 0.394 e. The Balaban J connectivity index is 1.91. The molecule has 0 aliphatic heterocycles. The number of nitrogen functional groups attached to an aromatic ring is 1. The Labute approximate surface area is 150 Å². The molecule has 0 radical (unpaired) electrons. The summed E-state index contributed by atoms with van der Waals surface area (Å²) in [6, 6.07) is 7.04. The summed E-state index contributed by atoms with van der Waals surface area (Å²) in [6.45, 7) is 1.46. The van der Waals surface area contributed by atoms with E-state index in [1.165, 1.54) is 30.4 Å². The van der Waals surface area contributed by atoms with Gasteiger partial charge >= 0.3 is 0 Å². The van der Waals surface area contributed by atoms with E-state index in [2.05, 4.69) is 10.4 Å². The van der Waals surface area contributed by atoms with Gasteiger partial charge in [0.15, 0.2) is 11.6 Å². The molecule has 26 heavy (non-hydrogen) atoms. The molecule has 134 valence electrons. The number of hydrogen-bond donors (Lipinski definition) is 2.